The van der Waals surface area contributed by atoms with Gasteiger partial charge in [0, 0.05) is 37.9 Å². The summed E-state index contributed by atoms with van der Waals surface area (Å²) >= 11 is 0. The smallest absolute Gasteiger partial charge is 0.293 e. The molecule has 1 N–H and O–H groups in total. The summed E-state index contributed by atoms with van der Waals surface area (Å²) in [6.45, 7) is 5.97. The molecule has 1 atom stereocenters. The molecule has 0 amide bonds. The normalized spacial score (nSPS) is 23.9. The van der Waals surface area contributed by atoms with Crippen molar-refractivity contribution >= 4 is 5.82 Å². The molecular weight excluding hydrogens is 242 g/mol. The Kier molecular flexibility index (Phi) is 3.94. The van der Waals surface area contributed by atoms with Crippen molar-refractivity contribution in [3.05, 3.63) is 22.7 Å². The number of nitrogens with zero attached hydrogens (tertiary/aromatic N) is 3. The monoisotopic (exact) mass is 265 g/mol. The van der Waals surface area contributed by atoms with Gasteiger partial charge in [-0.05, 0) is 18.8 Å². The number of hydrogen-bond acceptors (Lipinski definition) is 4. The molecule has 1 aliphatic heterocycles. The zero-order chi connectivity index (χ0) is 14.0. The van der Waals surface area contributed by atoms with E-state index in [4.69, 9.17) is 0 Å². The molecule has 1 saturated heterocycles. The Morgan fingerprint density at radius 3 is 2.89 bits per heavy atom. The molecule has 1 aromatic heterocycles. The Morgan fingerprint density at radius 2 is 2.26 bits per heavy atom. The molecule has 19 heavy (non-hydrogen) atoms. The molecule has 2 rings (SSSR count). The third-order valence-electron chi connectivity index (χ3n) is 4.45. The van der Waals surface area contributed by atoms with Gasteiger partial charge < -0.3 is 14.6 Å². The van der Waals surface area contributed by atoms with Crippen LogP contribution in [0.3, 0.4) is 0 Å². The van der Waals surface area contributed by atoms with Crippen LogP contribution in [0.5, 0.6) is 0 Å². The first kappa shape index (κ1) is 14.1. The van der Waals surface area contributed by atoms with Crippen LogP contribution in [0.1, 0.15) is 26.7 Å². The zero-order valence-corrected chi connectivity index (χ0v) is 12.0. The van der Waals surface area contributed by atoms with Crippen LogP contribution in [-0.4, -0.2) is 34.4 Å². The van der Waals surface area contributed by atoms with Gasteiger partial charge in [-0.2, -0.15) is 0 Å². The number of aliphatic hydroxyl groups is 1. The average Bonchev–Trinajstić information content (AvgIpc) is 2.41. The molecule has 106 valence electrons. The lowest BCUT2D eigenvalue weighted by atomic mass is 9.72. The maximum absolute atomic E-state index is 12.1. The van der Waals surface area contributed by atoms with Crippen LogP contribution in [0.25, 0.3) is 0 Å². The number of aromatic nitrogens is 2. The molecule has 0 saturated carbocycles. The fraction of sp³-hybridized carbons (Fsp3) is 0.714. The number of aryl methyl sites for hydroxylation is 1. The van der Waals surface area contributed by atoms with E-state index in [1.165, 1.54) is 0 Å². The van der Waals surface area contributed by atoms with E-state index in [9.17, 15) is 9.90 Å². The Morgan fingerprint density at radius 1 is 1.53 bits per heavy atom. The highest BCUT2D eigenvalue weighted by Gasteiger charge is 2.38. The summed E-state index contributed by atoms with van der Waals surface area (Å²) < 4.78 is 1.55. The van der Waals surface area contributed by atoms with Crippen LogP contribution >= 0.6 is 0 Å². The summed E-state index contributed by atoms with van der Waals surface area (Å²) in [6, 6.07) is 0. The lowest BCUT2D eigenvalue weighted by Crippen LogP contribution is -2.50. The lowest BCUT2D eigenvalue weighted by molar-refractivity contribution is 0.0597. The molecule has 1 unspecified atom stereocenters. The molecule has 0 aromatic carbocycles. The second-order valence-electron chi connectivity index (χ2n) is 5.87. The summed E-state index contributed by atoms with van der Waals surface area (Å²) in [6.07, 6.45) is 5.31. The van der Waals surface area contributed by atoms with Crippen LogP contribution in [0.4, 0.5) is 5.82 Å². The highest BCUT2D eigenvalue weighted by molar-refractivity contribution is 5.37. The first-order chi connectivity index (χ1) is 9.00. The molecule has 0 bridgehead atoms. The van der Waals surface area contributed by atoms with Gasteiger partial charge in [0.25, 0.3) is 5.56 Å². The Bertz CT molecular complexity index is 498. The molecule has 1 aliphatic rings. The van der Waals surface area contributed by atoms with E-state index in [2.05, 4.69) is 18.8 Å². The maximum Gasteiger partial charge on any atom is 0.293 e. The largest absolute Gasteiger partial charge is 0.396 e. The summed E-state index contributed by atoms with van der Waals surface area (Å²) in [7, 11) is 1.74. The average molecular weight is 265 g/mol. The Balaban J connectivity index is 2.31. The summed E-state index contributed by atoms with van der Waals surface area (Å²) in [5.41, 5.74) is -0.194. The number of anilines is 1. The fourth-order valence-corrected chi connectivity index (χ4v) is 2.83. The van der Waals surface area contributed by atoms with Gasteiger partial charge in [0.15, 0.2) is 5.82 Å². The molecule has 0 spiro atoms. The summed E-state index contributed by atoms with van der Waals surface area (Å²) in [4.78, 5) is 18.4. The minimum atomic E-state index is -0.124. The van der Waals surface area contributed by atoms with Gasteiger partial charge >= 0.3 is 0 Å². The quantitative estimate of drug-likeness (QED) is 0.886. The highest BCUT2D eigenvalue weighted by Crippen LogP contribution is 2.37. The van der Waals surface area contributed by atoms with Gasteiger partial charge in [-0.1, -0.05) is 13.8 Å². The Labute approximate surface area is 113 Å². The van der Waals surface area contributed by atoms with Crippen LogP contribution in [-0.2, 0) is 7.05 Å². The van der Waals surface area contributed by atoms with Crippen molar-refractivity contribution in [1.82, 2.24) is 9.55 Å². The predicted molar refractivity (Wildman–Crippen MR) is 75.3 cm³/mol. The SMILES string of the molecule is CC(C)C1(CO)CCCN(c2nccn(C)c2=O)C1. The number of aliphatic hydroxyl groups excluding tert-OH is 1. The molecule has 5 heteroatoms. The van der Waals surface area contributed by atoms with Gasteiger partial charge in [-0.25, -0.2) is 4.98 Å². The molecule has 1 fully saturated rings. The van der Waals surface area contributed by atoms with E-state index in [1.54, 1.807) is 24.0 Å². The third kappa shape index (κ3) is 2.52. The van der Waals surface area contributed by atoms with E-state index in [-0.39, 0.29) is 17.6 Å². The molecular formula is C14H23N3O2. The number of rotatable bonds is 3. The van der Waals surface area contributed by atoms with Gasteiger partial charge in [-0.3, -0.25) is 4.79 Å². The van der Waals surface area contributed by atoms with Crippen molar-refractivity contribution in [2.75, 3.05) is 24.6 Å². The Hall–Kier alpha value is -1.36. The summed E-state index contributed by atoms with van der Waals surface area (Å²) in [5, 5.41) is 9.77. The first-order valence-electron chi connectivity index (χ1n) is 6.87. The molecule has 0 radical (unpaired) electrons. The minimum Gasteiger partial charge on any atom is -0.396 e. The number of piperidine rings is 1. The van der Waals surface area contributed by atoms with Crippen LogP contribution in [0, 0.1) is 11.3 Å². The summed E-state index contributed by atoms with van der Waals surface area (Å²) in [5.74, 6) is 0.885. The van der Waals surface area contributed by atoms with Crippen molar-refractivity contribution in [2.45, 2.75) is 26.7 Å². The highest BCUT2D eigenvalue weighted by atomic mass is 16.3. The van der Waals surface area contributed by atoms with Gasteiger partial charge in [0.2, 0.25) is 0 Å². The van der Waals surface area contributed by atoms with E-state index in [0.717, 1.165) is 19.4 Å². The second-order valence-corrected chi connectivity index (χ2v) is 5.87. The van der Waals surface area contributed by atoms with E-state index >= 15 is 0 Å². The van der Waals surface area contributed by atoms with Crippen molar-refractivity contribution in [2.24, 2.45) is 18.4 Å². The van der Waals surface area contributed by atoms with Crippen molar-refractivity contribution in [1.29, 1.82) is 0 Å². The minimum absolute atomic E-state index is 0.0694. The van der Waals surface area contributed by atoms with Gasteiger partial charge in [0.05, 0.1) is 6.61 Å². The molecule has 5 nitrogen and oxygen atoms in total. The zero-order valence-electron chi connectivity index (χ0n) is 12.0. The molecule has 1 aromatic rings. The second kappa shape index (κ2) is 5.33. The fourth-order valence-electron chi connectivity index (χ4n) is 2.83. The standard InChI is InChI=1S/C14H23N3O2/c1-11(2)14(10-18)5-4-7-17(9-14)12-13(19)16(3)8-6-15-12/h6,8,11,18H,4-5,7,9-10H2,1-3H3. The third-order valence-corrected chi connectivity index (χ3v) is 4.45. The van der Waals surface area contributed by atoms with Crippen LogP contribution < -0.4 is 10.5 Å². The van der Waals surface area contributed by atoms with E-state index in [0.29, 0.717) is 18.3 Å². The topological polar surface area (TPSA) is 58.4 Å². The van der Waals surface area contributed by atoms with Crippen LogP contribution in [0.2, 0.25) is 0 Å². The van der Waals surface area contributed by atoms with Crippen molar-refractivity contribution in [3.8, 4) is 0 Å². The first-order valence-corrected chi connectivity index (χ1v) is 6.87. The van der Waals surface area contributed by atoms with E-state index < -0.39 is 0 Å². The van der Waals surface area contributed by atoms with Gasteiger partial charge in [-0.15, -0.1) is 0 Å². The molecule has 2 heterocycles. The number of hydrogen-bond donors (Lipinski definition) is 1. The van der Waals surface area contributed by atoms with Crippen molar-refractivity contribution in [3.63, 3.8) is 0 Å². The molecule has 0 aliphatic carbocycles. The maximum atomic E-state index is 12.1. The van der Waals surface area contributed by atoms with Crippen LogP contribution in [0.15, 0.2) is 17.2 Å². The van der Waals surface area contributed by atoms with Crippen molar-refractivity contribution < 1.29 is 5.11 Å². The van der Waals surface area contributed by atoms with Gasteiger partial charge in [0.1, 0.15) is 0 Å². The lowest BCUT2D eigenvalue weighted by Gasteiger charge is -2.44. The predicted octanol–water partition coefficient (Wildman–Crippen LogP) is 1.02. The van der Waals surface area contributed by atoms with E-state index in [1.807, 2.05) is 4.90 Å².